The first-order valence-electron chi connectivity index (χ1n) is 8.29. The normalized spacial score (nSPS) is 10.3. The average molecular weight is 352 g/mol. The molecule has 0 atom stereocenters. The largest absolute Gasteiger partial charge is 0.497 e. The summed E-state index contributed by atoms with van der Waals surface area (Å²) < 4.78 is 16.0. The Morgan fingerprint density at radius 2 is 1.88 bits per heavy atom. The minimum atomic E-state index is -0.176. The highest BCUT2D eigenvalue weighted by Crippen LogP contribution is 2.24. The number of ether oxygens (including phenoxy) is 2. The van der Waals surface area contributed by atoms with E-state index in [1.807, 2.05) is 60.7 Å². The summed E-state index contributed by atoms with van der Waals surface area (Å²) in [5.41, 5.74) is 1.66. The average Bonchev–Trinajstić information content (AvgIpc) is 3.16. The minimum Gasteiger partial charge on any atom is -0.497 e. The molecule has 1 heterocycles. The van der Waals surface area contributed by atoms with Gasteiger partial charge >= 0.3 is 0 Å². The lowest BCUT2D eigenvalue weighted by molar-refractivity contribution is -0.123. The second kappa shape index (κ2) is 8.71. The minimum absolute atomic E-state index is 0.0160. The molecule has 0 unspecified atom stereocenters. The first kappa shape index (κ1) is 17.5. The van der Waals surface area contributed by atoms with Crippen LogP contribution < -0.4 is 14.8 Å². The molecule has 0 fully saturated rings. The molecule has 0 spiro atoms. The lowest BCUT2D eigenvalue weighted by Crippen LogP contribution is -2.30. The maximum atomic E-state index is 11.8. The molecule has 0 saturated heterocycles. The number of aromatic nitrogens is 1. The Morgan fingerprint density at radius 3 is 2.69 bits per heavy atom. The van der Waals surface area contributed by atoms with Crippen LogP contribution in [0.3, 0.4) is 0 Å². The molecule has 0 aliphatic rings. The molecular weight excluding hydrogens is 332 g/mol. The molecule has 0 aliphatic heterocycles. The van der Waals surface area contributed by atoms with E-state index in [4.69, 9.17) is 14.0 Å². The van der Waals surface area contributed by atoms with Crippen LogP contribution >= 0.6 is 0 Å². The quantitative estimate of drug-likeness (QED) is 0.674. The van der Waals surface area contributed by atoms with Gasteiger partial charge in [-0.15, -0.1) is 0 Å². The van der Waals surface area contributed by atoms with Crippen molar-refractivity contribution in [1.29, 1.82) is 0 Å². The molecule has 0 aliphatic carbocycles. The Hall–Kier alpha value is -3.28. The summed E-state index contributed by atoms with van der Waals surface area (Å²) in [7, 11) is 1.62. The fourth-order valence-electron chi connectivity index (χ4n) is 2.39. The van der Waals surface area contributed by atoms with Gasteiger partial charge in [0.25, 0.3) is 5.91 Å². The summed E-state index contributed by atoms with van der Waals surface area (Å²) in [5.74, 6) is 1.91. The fraction of sp³-hybridized carbons (Fsp3) is 0.200. The van der Waals surface area contributed by atoms with Crippen LogP contribution in [0.2, 0.25) is 0 Å². The highest BCUT2D eigenvalue weighted by molar-refractivity contribution is 5.77. The monoisotopic (exact) mass is 352 g/mol. The maximum Gasteiger partial charge on any atom is 0.257 e. The predicted molar refractivity (Wildman–Crippen MR) is 97.1 cm³/mol. The highest BCUT2D eigenvalue weighted by atomic mass is 16.5. The lowest BCUT2D eigenvalue weighted by atomic mass is 10.1. The van der Waals surface area contributed by atoms with Crippen LogP contribution in [0.15, 0.2) is 65.2 Å². The molecule has 6 heteroatoms. The third-order valence-corrected chi connectivity index (χ3v) is 3.73. The van der Waals surface area contributed by atoms with E-state index < -0.39 is 0 Å². The number of carbonyl (C=O) groups is 1. The Morgan fingerprint density at radius 1 is 1.08 bits per heavy atom. The number of benzene rings is 2. The molecule has 0 bridgehead atoms. The molecular formula is C20H20N2O4. The molecule has 0 radical (unpaired) electrons. The number of nitrogens with zero attached hydrogens (tertiary/aromatic N) is 1. The second-order valence-corrected chi connectivity index (χ2v) is 5.62. The summed E-state index contributed by atoms with van der Waals surface area (Å²) in [5, 5.41) is 6.84. The number of para-hydroxylation sites is 1. The zero-order valence-corrected chi connectivity index (χ0v) is 14.5. The van der Waals surface area contributed by atoms with Crippen LogP contribution in [0.1, 0.15) is 5.69 Å². The lowest BCUT2D eigenvalue weighted by Gasteiger charge is -2.06. The zero-order chi connectivity index (χ0) is 18.2. The molecule has 1 N–H and O–H groups in total. The van der Waals surface area contributed by atoms with Crippen molar-refractivity contribution in [2.45, 2.75) is 6.42 Å². The van der Waals surface area contributed by atoms with E-state index in [9.17, 15) is 4.79 Å². The van der Waals surface area contributed by atoms with Gasteiger partial charge in [0.15, 0.2) is 12.4 Å². The van der Waals surface area contributed by atoms with Crippen LogP contribution in [-0.2, 0) is 11.2 Å². The van der Waals surface area contributed by atoms with Gasteiger partial charge in [-0.3, -0.25) is 4.79 Å². The SMILES string of the molecule is COc1cccc(-c2cc(CCNC(=O)COc3ccccc3)no2)c1. The van der Waals surface area contributed by atoms with Crippen molar-refractivity contribution in [1.82, 2.24) is 10.5 Å². The van der Waals surface area contributed by atoms with Crippen molar-refractivity contribution in [2.75, 3.05) is 20.3 Å². The number of methoxy groups -OCH3 is 1. The van der Waals surface area contributed by atoms with E-state index in [0.717, 1.165) is 17.0 Å². The highest BCUT2D eigenvalue weighted by Gasteiger charge is 2.08. The molecule has 3 rings (SSSR count). The number of carbonyl (C=O) groups excluding carboxylic acids is 1. The van der Waals surface area contributed by atoms with Crippen molar-refractivity contribution < 1.29 is 18.8 Å². The van der Waals surface area contributed by atoms with Crippen LogP contribution in [0, 0.1) is 0 Å². The number of rotatable bonds is 8. The van der Waals surface area contributed by atoms with Crippen LogP contribution in [0.25, 0.3) is 11.3 Å². The van der Waals surface area contributed by atoms with Gasteiger partial charge in [0.1, 0.15) is 11.5 Å². The van der Waals surface area contributed by atoms with Crippen molar-refractivity contribution in [2.24, 2.45) is 0 Å². The second-order valence-electron chi connectivity index (χ2n) is 5.62. The van der Waals surface area contributed by atoms with E-state index in [2.05, 4.69) is 10.5 Å². The number of hydrogen-bond acceptors (Lipinski definition) is 5. The van der Waals surface area contributed by atoms with Crippen molar-refractivity contribution in [3.63, 3.8) is 0 Å². The van der Waals surface area contributed by atoms with E-state index in [1.54, 1.807) is 7.11 Å². The molecule has 134 valence electrons. The van der Waals surface area contributed by atoms with Gasteiger partial charge in [-0.05, 0) is 24.3 Å². The zero-order valence-electron chi connectivity index (χ0n) is 14.5. The van der Waals surface area contributed by atoms with Crippen molar-refractivity contribution in [3.05, 3.63) is 66.4 Å². The van der Waals surface area contributed by atoms with Crippen LogP contribution in [0.4, 0.5) is 0 Å². The maximum absolute atomic E-state index is 11.8. The van der Waals surface area contributed by atoms with E-state index in [0.29, 0.717) is 24.5 Å². The van der Waals surface area contributed by atoms with Crippen molar-refractivity contribution in [3.8, 4) is 22.8 Å². The van der Waals surface area contributed by atoms with Gasteiger partial charge in [-0.25, -0.2) is 0 Å². The van der Waals surface area contributed by atoms with Crippen LogP contribution in [-0.4, -0.2) is 31.3 Å². The molecule has 6 nitrogen and oxygen atoms in total. The fourth-order valence-corrected chi connectivity index (χ4v) is 2.39. The summed E-state index contributed by atoms with van der Waals surface area (Å²) in [6.07, 6.45) is 0.574. The third-order valence-electron chi connectivity index (χ3n) is 3.73. The van der Waals surface area contributed by atoms with Gasteiger partial charge in [-0.2, -0.15) is 0 Å². The van der Waals surface area contributed by atoms with E-state index >= 15 is 0 Å². The summed E-state index contributed by atoms with van der Waals surface area (Å²) in [4.78, 5) is 11.8. The van der Waals surface area contributed by atoms with Gasteiger partial charge in [-0.1, -0.05) is 35.5 Å². The summed E-state index contributed by atoms with van der Waals surface area (Å²) in [6, 6.07) is 18.7. The molecule has 0 saturated carbocycles. The van der Waals surface area contributed by atoms with E-state index in [-0.39, 0.29) is 12.5 Å². The number of hydrogen-bond donors (Lipinski definition) is 1. The predicted octanol–water partition coefficient (Wildman–Crippen LogP) is 3.09. The molecule has 1 aromatic heterocycles. The molecule has 26 heavy (non-hydrogen) atoms. The number of amides is 1. The van der Waals surface area contributed by atoms with Gasteiger partial charge in [0.2, 0.25) is 0 Å². The first-order chi connectivity index (χ1) is 12.7. The van der Waals surface area contributed by atoms with Crippen LogP contribution in [0.5, 0.6) is 11.5 Å². The van der Waals surface area contributed by atoms with E-state index in [1.165, 1.54) is 0 Å². The summed E-state index contributed by atoms with van der Waals surface area (Å²) in [6.45, 7) is 0.443. The number of nitrogens with one attached hydrogen (secondary N) is 1. The smallest absolute Gasteiger partial charge is 0.257 e. The Labute approximate surface area is 151 Å². The Kier molecular flexibility index (Phi) is 5.88. The molecule has 3 aromatic rings. The topological polar surface area (TPSA) is 73.6 Å². The first-order valence-corrected chi connectivity index (χ1v) is 8.29. The van der Waals surface area contributed by atoms with Gasteiger partial charge < -0.3 is 19.3 Å². The molecule has 1 amide bonds. The Balaban J connectivity index is 1.45. The van der Waals surface area contributed by atoms with Gasteiger partial charge in [0.05, 0.1) is 12.8 Å². The van der Waals surface area contributed by atoms with Gasteiger partial charge in [0, 0.05) is 24.6 Å². The summed E-state index contributed by atoms with van der Waals surface area (Å²) >= 11 is 0. The standard InChI is InChI=1S/C20H20N2O4/c1-24-18-9-5-6-15(12-18)19-13-16(22-26-19)10-11-21-20(23)14-25-17-7-3-2-4-8-17/h2-9,12-13H,10-11,14H2,1H3,(H,21,23). The third kappa shape index (κ3) is 4.86. The Bertz CT molecular complexity index is 846. The van der Waals surface area contributed by atoms with Crippen molar-refractivity contribution >= 4 is 5.91 Å². The molecule has 2 aromatic carbocycles.